The predicted octanol–water partition coefficient (Wildman–Crippen LogP) is 3.93. The van der Waals surface area contributed by atoms with Crippen LogP contribution in [0.5, 0.6) is 0 Å². The third-order valence-electron chi connectivity index (χ3n) is 5.81. The number of carbonyl (C=O) groups excluding carboxylic acids is 2. The van der Waals surface area contributed by atoms with Crippen molar-refractivity contribution >= 4 is 11.9 Å². The Kier molecular flexibility index (Phi) is 6.90. The van der Waals surface area contributed by atoms with Crippen LogP contribution in [0, 0.1) is 0 Å². The van der Waals surface area contributed by atoms with Gasteiger partial charge in [-0.05, 0) is 36.1 Å². The highest BCUT2D eigenvalue weighted by atomic mass is 16.2. The number of rotatable bonds is 9. The Morgan fingerprint density at radius 1 is 0.906 bits per heavy atom. The van der Waals surface area contributed by atoms with Crippen LogP contribution in [-0.2, 0) is 31.5 Å². The van der Waals surface area contributed by atoms with E-state index in [0.717, 1.165) is 29.7 Å². The number of hydrogen-bond donors (Lipinski definition) is 1. The Bertz CT molecular complexity index is 1030. The molecule has 6 heteroatoms. The summed E-state index contributed by atoms with van der Waals surface area (Å²) < 4.78 is 2.02. The highest BCUT2D eigenvalue weighted by Gasteiger charge is 2.35. The van der Waals surface area contributed by atoms with Gasteiger partial charge >= 0.3 is 6.03 Å². The molecule has 3 aromatic rings. The molecule has 1 aromatic heterocycles. The molecule has 0 unspecified atom stereocenters. The molecule has 1 fully saturated rings. The van der Waals surface area contributed by atoms with E-state index in [9.17, 15) is 9.59 Å². The molecule has 1 saturated carbocycles. The lowest BCUT2D eigenvalue weighted by Gasteiger charge is -2.28. The zero-order chi connectivity index (χ0) is 22.3. The second kappa shape index (κ2) is 10.2. The van der Waals surface area contributed by atoms with Crippen molar-refractivity contribution in [2.24, 2.45) is 7.05 Å². The molecule has 0 radical (unpaired) electrons. The van der Waals surface area contributed by atoms with Gasteiger partial charge in [0.2, 0.25) is 5.91 Å². The number of urea groups is 1. The standard InChI is InChI=1S/C26H30N4O2/c1-28-16-8-13-24(28)19-29(18-22-11-6-3-7-12-22)25(31)20-30(23-14-15-23)26(32)27-17-21-9-4-2-5-10-21/h2-13,16,23H,14-15,17-20H2,1H3,(H,27,32). The maximum Gasteiger partial charge on any atom is 0.318 e. The van der Waals surface area contributed by atoms with Crippen molar-refractivity contribution in [3.63, 3.8) is 0 Å². The second-order valence-electron chi connectivity index (χ2n) is 8.35. The van der Waals surface area contributed by atoms with Crippen LogP contribution < -0.4 is 5.32 Å². The average molecular weight is 431 g/mol. The maximum absolute atomic E-state index is 13.4. The zero-order valence-corrected chi connectivity index (χ0v) is 18.5. The molecule has 1 aliphatic rings. The first kappa shape index (κ1) is 21.7. The summed E-state index contributed by atoms with van der Waals surface area (Å²) in [5, 5.41) is 2.98. The SMILES string of the molecule is Cn1cccc1CN(Cc1ccccc1)C(=O)CN(C(=O)NCc1ccccc1)C1CC1. The first-order chi connectivity index (χ1) is 15.6. The van der Waals surface area contributed by atoms with Gasteiger partial charge in [0.25, 0.3) is 0 Å². The van der Waals surface area contributed by atoms with Crippen LogP contribution in [0.3, 0.4) is 0 Å². The Balaban J connectivity index is 1.44. The molecule has 1 aliphatic carbocycles. The lowest BCUT2D eigenvalue weighted by Crippen LogP contribution is -2.47. The predicted molar refractivity (Wildman–Crippen MR) is 125 cm³/mol. The largest absolute Gasteiger partial charge is 0.353 e. The molecule has 6 nitrogen and oxygen atoms in total. The minimum Gasteiger partial charge on any atom is -0.353 e. The van der Waals surface area contributed by atoms with Crippen molar-refractivity contribution in [2.45, 2.75) is 38.5 Å². The fourth-order valence-corrected chi connectivity index (χ4v) is 3.77. The van der Waals surface area contributed by atoms with E-state index in [1.807, 2.05) is 95.5 Å². The van der Waals surface area contributed by atoms with Gasteiger partial charge in [0.05, 0.1) is 6.54 Å². The van der Waals surface area contributed by atoms with Gasteiger partial charge in [-0.25, -0.2) is 4.79 Å². The van der Waals surface area contributed by atoms with Crippen molar-refractivity contribution < 1.29 is 9.59 Å². The van der Waals surface area contributed by atoms with E-state index in [2.05, 4.69) is 5.32 Å². The summed E-state index contributed by atoms with van der Waals surface area (Å²) >= 11 is 0. The monoisotopic (exact) mass is 430 g/mol. The van der Waals surface area contributed by atoms with Gasteiger partial charge in [-0.2, -0.15) is 0 Å². The molecule has 0 spiro atoms. The van der Waals surface area contributed by atoms with E-state index in [0.29, 0.717) is 19.6 Å². The first-order valence-corrected chi connectivity index (χ1v) is 11.1. The molecule has 0 atom stereocenters. The van der Waals surface area contributed by atoms with Crippen molar-refractivity contribution in [3.05, 3.63) is 95.8 Å². The molecule has 32 heavy (non-hydrogen) atoms. The van der Waals surface area contributed by atoms with Crippen LogP contribution >= 0.6 is 0 Å². The van der Waals surface area contributed by atoms with Crippen molar-refractivity contribution in [1.29, 1.82) is 0 Å². The van der Waals surface area contributed by atoms with Crippen LogP contribution in [0.1, 0.15) is 29.7 Å². The molecule has 4 rings (SSSR count). The van der Waals surface area contributed by atoms with Crippen LogP contribution in [-0.4, -0.2) is 38.9 Å². The van der Waals surface area contributed by atoms with E-state index < -0.39 is 0 Å². The highest BCUT2D eigenvalue weighted by Crippen LogP contribution is 2.27. The van der Waals surface area contributed by atoms with E-state index >= 15 is 0 Å². The molecular formula is C26H30N4O2. The van der Waals surface area contributed by atoms with Gasteiger partial charge < -0.3 is 19.7 Å². The summed E-state index contributed by atoms with van der Waals surface area (Å²) in [5.41, 5.74) is 3.17. The Hall–Kier alpha value is -3.54. The molecular weight excluding hydrogens is 400 g/mol. The smallest absolute Gasteiger partial charge is 0.318 e. The number of aromatic nitrogens is 1. The molecule has 0 aliphatic heterocycles. The highest BCUT2D eigenvalue weighted by molar-refractivity contribution is 5.84. The van der Waals surface area contributed by atoms with Gasteiger partial charge in [-0.1, -0.05) is 60.7 Å². The molecule has 1 N–H and O–H groups in total. The minimum atomic E-state index is -0.178. The van der Waals surface area contributed by atoms with Crippen LogP contribution in [0.15, 0.2) is 79.0 Å². The van der Waals surface area contributed by atoms with Crippen LogP contribution in [0.2, 0.25) is 0 Å². The fourth-order valence-electron chi connectivity index (χ4n) is 3.77. The summed E-state index contributed by atoms with van der Waals surface area (Å²) in [7, 11) is 1.98. The van der Waals surface area contributed by atoms with Gasteiger partial charge in [0.1, 0.15) is 6.54 Å². The van der Waals surface area contributed by atoms with Gasteiger partial charge in [0, 0.05) is 38.1 Å². The summed E-state index contributed by atoms with van der Waals surface area (Å²) in [6.45, 7) is 1.55. The Morgan fingerprint density at radius 2 is 1.56 bits per heavy atom. The number of amides is 3. The minimum absolute atomic E-state index is 0.0446. The summed E-state index contributed by atoms with van der Waals surface area (Å²) in [6, 6.07) is 23.8. The number of nitrogens with one attached hydrogen (secondary N) is 1. The van der Waals surface area contributed by atoms with Gasteiger partial charge in [-0.3, -0.25) is 4.79 Å². The lowest BCUT2D eigenvalue weighted by molar-refractivity contribution is -0.133. The number of carbonyl (C=O) groups is 2. The fraction of sp³-hybridized carbons (Fsp3) is 0.308. The molecule has 0 bridgehead atoms. The lowest BCUT2D eigenvalue weighted by atomic mass is 10.2. The van der Waals surface area contributed by atoms with Gasteiger partial charge in [-0.15, -0.1) is 0 Å². The van der Waals surface area contributed by atoms with E-state index in [4.69, 9.17) is 0 Å². The van der Waals surface area contributed by atoms with E-state index in [1.165, 1.54) is 0 Å². The Labute approximate surface area is 189 Å². The molecule has 3 amide bonds. The topological polar surface area (TPSA) is 57.6 Å². The third kappa shape index (κ3) is 5.78. The normalized spacial score (nSPS) is 12.9. The third-order valence-corrected chi connectivity index (χ3v) is 5.81. The molecule has 1 heterocycles. The van der Waals surface area contributed by atoms with Crippen molar-refractivity contribution in [2.75, 3.05) is 6.54 Å². The molecule has 2 aromatic carbocycles. The van der Waals surface area contributed by atoms with Crippen LogP contribution in [0.25, 0.3) is 0 Å². The second-order valence-corrected chi connectivity index (χ2v) is 8.35. The first-order valence-electron chi connectivity index (χ1n) is 11.1. The summed E-state index contributed by atoms with van der Waals surface area (Å²) in [4.78, 5) is 29.9. The van der Waals surface area contributed by atoms with Crippen molar-refractivity contribution in [1.82, 2.24) is 19.7 Å². The number of benzene rings is 2. The van der Waals surface area contributed by atoms with Gasteiger partial charge in [0.15, 0.2) is 0 Å². The van der Waals surface area contributed by atoms with E-state index in [-0.39, 0.29) is 24.5 Å². The molecule has 0 saturated heterocycles. The summed E-state index contributed by atoms with van der Waals surface area (Å²) in [6.07, 6.45) is 3.87. The quantitative estimate of drug-likeness (QED) is 0.559. The maximum atomic E-state index is 13.4. The molecule has 166 valence electrons. The summed E-state index contributed by atoms with van der Waals surface area (Å²) in [5.74, 6) is -0.0446. The van der Waals surface area contributed by atoms with Crippen LogP contribution in [0.4, 0.5) is 4.79 Å². The number of hydrogen-bond acceptors (Lipinski definition) is 2. The average Bonchev–Trinajstić information content (AvgIpc) is 3.58. The van der Waals surface area contributed by atoms with Crippen molar-refractivity contribution in [3.8, 4) is 0 Å². The zero-order valence-electron chi connectivity index (χ0n) is 18.5. The van der Waals surface area contributed by atoms with E-state index in [1.54, 1.807) is 4.90 Å². The Morgan fingerprint density at radius 3 is 2.16 bits per heavy atom. The number of nitrogens with zero attached hydrogens (tertiary/aromatic N) is 3. The number of aryl methyl sites for hydroxylation is 1.